The summed E-state index contributed by atoms with van der Waals surface area (Å²) in [6.07, 6.45) is 1.35. The van der Waals surface area contributed by atoms with Crippen LogP contribution in [0.3, 0.4) is 0 Å². The molecule has 2 rings (SSSR count). The number of benzene rings is 1. The first kappa shape index (κ1) is 9.19. The topological polar surface area (TPSA) is 46.2 Å². The number of hydrogen-bond acceptors (Lipinski definition) is 2. The molecule has 0 spiro atoms. The van der Waals surface area contributed by atoms with Crippen LogP contribution in [0.4, 0.5) is 0 Å². The molecule has 0 saturated carbocycles. The normalized spacial score (nSPS) is 27.0. The van der Waals surface area contributed by atoms with Gasteiger partial charge in [0.15, 0.2) is 0 Å². The minimum atomic E-state index is -0.499. The Morgan fingerprint density at radius 1 is 1.46 bits per heavy atom. The number of hydrogen-bond donors (Lipinski definition) is 2. The predicted molar refractivity (Wildman–Crippen MR) is 55.4 cm³/mol. The molecule has 0 radical (unpaired) electrons. The van der Waals surface area contributed by atoms with Gasteiger partial charge >= 0.3 is 0 Å². The fourth-order valence-electron chi connectivity index (χ4n) is 1.78. The predicted octanol–water partition coefficient (Wildman–Crippen LogP) is 1.76. The molecular weight excluding hydrogens is 230 g/mol. The zero-order valence-corrected chi connectivity index (χ0v) is 8.79. The summed E-state index contributed by atoms with van der Waals surface area (Å²) in [6.45, 7) is 0. The van der Waals surface area contributed by atoms with E-state index in [9.17, 15) is 5.11 Å². The van der Waals surface area contributed by atoms with Crippen molar-refractivity contribution in [3.05, 3.63) is 33.8 Å². The van der Waals surface area contributed by atoms with Crippen LogP contribution in [0.25, 0.3) is 0 Å². The van der Waals surface area contributed by atoms with Crippen LogP contribution in [-0.4, -0.2) is 11.1 Å². The highest BCUT2D eigenvalue weighted by molar-refractivity contribution is 9.10. The average Bonchev–Trinajstić information content (AvgIpc) is 2.12. The van der Waals surface area contributed by atoms with Crippen LogP contribution >= 0.6 is 15.9 Å². The highest BCUT2D eigenvalue weighted by Gasteiger charge is 2.24. The number of aryl methyl sites for hydroxylation is 1. The highest BCUT2D eigenvalue weighted by atomic mass is 79.9. The lowest BCUT2D eigenvalue weighted by molar-refractivity contribution is 0.134. The van der Waals surface area contributed by atoms with Crippen LogP contribution in [-0.2, 0) is 6.42 Å². The molecule has 2 nitrogen and oxygen atoms in total. The van der Waals surface area contributed by atoms with E-state index in [-0.39, 0.29) is 6.04 Å². The molecule has 0 saturated heterocycles. The van der Waals surface area contributed by atoms with E-state index < -0.39 is 6.10 Å². The van der Waals surface area contributed by atoms with Crippen LogP contribution in [0.1, 0.15) is 23.7 Å². The van der Waals surface area contributed by atoms with Crippen LogP contribution in [0.2, 0.25) is 0 Å². The molecule has 0 aromatic heterocycles. The van der Waals surface area contributed by atoms with Crippen LogP contribution in [0.15, 0.2) is 22.7 Å². The van der Waals surface area contributed by atoms with Gasteiger partial charge in [0.25, 0.3) is 0 Å². The lowest BCUT2D eigenvalue weighted by Crippen LogP contribution is -2.32. The van der Waals surface area contributed by atoms with E-state index in [0.29, 0.717) is 0 Å². The van der Waals surface area contributed by atoms with Gasteiger partial charge in [-0.2, -0.15) is 0 Å². The van der Waals surface area contributed by atoms with Crippen molar-refractivity contribution >= 4 is 15.9 Å². The molecule has 0 amide bonds. The molecule has 3 N–H and O–H groups in total. The second-order valence-corrected chi connectivity index (χ2v) is 4.41. The first-order valence-electron chi connectivity index (χ1n) is 4.40. The van der Waals surface area contributed by atoms with Crippen molar-refractivity contribution in [1.82, 2.24) is 0 Å². The van der Waals surface area contributed by atoms with E-state index in [1.165, 1.54) is 5.56 Å². The summed E-state index contributed by atoms with van der Waals surface area (Å²) in [5.41, 5.74) is 7.98. The molecule has 2 unspecified atom stereocenters. The molecule has 3 heteroatoms. The fraction of sp³-hybridized carbons (Fsp3) is 0.400. The van der Waals surface area contributed by atoms with Gasteiger partial charge in [-0.15, -0.1) is 0 Å². The number of halogens is 1. The maximum absolute atomic E-state index is 9.81. The quantitative estimate of drug-likeness (QED) is 0.728. The summed E-state index contributed by atoms with van der Waals surface area (Å²) in [6, 6.07) is 5.90. The van der Waals surface area contributed by atoms with Crippen molar-refractivity contribution in [2.75, 3.05) is 0 Å². The SMILES string of the molecule is NC1CCc2ccc(Br)cc2C1O. The molecule has 1 aromatic carbocycles. The van der Waals surface area contributed by atoms with Crippen LogP contribution in [0.5, 0.6) is 0 Å². The Kier molecular flexibility index (Phi) is 2.41. The third-order valence-corrected chi connectivity index (χ3v) is 3.07. The molecule has 1 aromatic rings. The molecule has 0 heterocycles. The van der Waals surface area contributed by atoms with Crippen molar-refractivity contribution < 1.29 is 5.11 Å². The smallest absolute Gasteiger partial charge is 0.0944 e. The maximum atomic E-state index is 9.81. The molecule has 0 fully saturated rings. The number of nitrogens with two attached hydrogens (primary N) is 1. The van der Waals surface area contributed by atoms with Crippen molar-refractivity contribution in [1.29, 1.82) is 0 Å². The second-order valence-electron chi connectivity index (χ2n) is 3.49. The highest BCUT2D eigenvalue weighted by Crippen LogP contribution is 2.30. The summed E-state index contributed by atoms with van der Waals surface area (Å²) >= 11 is 3.39. The van der Waals surface area contributed by atoms with Gasteiger partial charge in [-0.1, -0.05) is 22.0 Å². The summed E-state index contributed by atoms with van der Waals surface area (Å²) in [5, 5.41) is 9.81. The van der Waals surface area contributed by atoms with Gasteiger partial charge < -0.3 is 10.8 Å². The van der Waals surface area contributed by atoms with Crippen molar-refractivity contribution in [2.24, 2.45) is 5.73 Å². The third-order valence-electron chi connectivity index (χ3n) is 2.58. The third kappa shape index (κ3) is 1.64. The van der Waals surface area contributed by atoms with Gasteiger partial charge in [0.2, 0.25) is 0 Å². The molecular formula is C10H12BrNO. The summed E-state index contributed by atoms with van der Waals surface area (Å²) < 4.78 is 0.999. The molecule has 2 atom stereocenters. The Morgan fingerprint density at radius 3 is 3.00 bits per heavy atom. The number of fused-ring (bicyclic) bond motifs is 1. The zero-order chi connectivity index (χ0) is 9.42. The first-order chi connectivity index (χ1) is 6.18. The van der Waals surface area contributed by atoms with Gasteiger partial charge in [0.05, 0.1) is 6.10 Å². The largest absolute Gasteiger partial charge is 0.387 e. The Labute approximate surface area is 85.9 Å². The lowest BCUT2D eigenvalue weighted by atomic mass is 9.86. The van der Waals surface area contributed by atoms with E-state index in [1.807, 2.05) is 12.1 Å². The standard InChI is InChI=1S/C10H12BrNO/c11-7-3-1-6-2-4-9(12)10(13)8(6)5-7/h1,3,5,9-10,13H,2,4,12H2. The lowest BCUT2D eigenvalue weighted by Gasteiger charge is -2.27. The second kappa shape index (κ2) is 3.40. The van der Waals surface area contributed by atoms with Crippen LogP contribution in [0, 0.1) is 0 Å². The Hall–Kier alpha value is -0.380. The van der Waals surface area contributed by atoms with Gasteiger partial charge in [-0.3, -0.25) is 0 Å². The minimum absolute atomic E-state index is 0.109. The van der Waals surface area contributed by atoms with Gasteiger partial charge in [0, 0.05) is 10.5 Å². The van der Waals surface area contributed by atoms with Crippen molar-refractivity contribution in [3.8, 4) is 0 Å². The molecule has 70 valence electrons. The Bertz CT molecular complexity index is 327. The Balaban J connectivity index is 2.45. The van der Waals surface area contributed by atoms with Crippen molar-refractivity contribution in [2.45, 2.75) is 25.0 Å². The molecule has 1 aliphatic carbocycles. The van der Waals surface area contributed by atoms with E-state index in [1.54, 1.807) is 0 Å². The van der Waals surface area contributed by atoms with E-state index in [2.05, 4.69) is 22.0 Å². The summed E-state index contributed by atoms with van der Waals surface area (Å²) in [5.74, 6) is 0. The number of rotatable bonds is 0. The van der Waals surface area contributed by atoms with Gasteiger partial charge in [-0.05, 0) is 36.1 Å². The number of aliphatic hydroxyl groups is 1. The molecule has 1 aliphatic rings. The minimum Gasteiger partial charge on any atom is -0.387 e. The molecule has 13 heavy (non-hydrogen) atoms. The van der Waals surface area contributed by atoms with E-state index in [0.717, 1.165) is 22.9 Å². The van der Waals surface area contributed by atoms with Crippen LogP contribution < -0.4 is 5.73 Å². The summed E-state index contributed by atoms with van der Waals surface area (Å²) in [7, 11) is 0. The molecule has 0 aliphatic heterocycles. The van der Waals surface area contributed by atoms with E-state index in [4.69, 9.17) is 5.73 Å². The average molecular weight is 242 g/mol. The van der Waals surface area contributed by atoms with Gasteiger partial charge in [0.1, 0.15) is 0 Å². The van der Waals surface area contributed by atoms with E-state index >= 15 is 0 Å². The van der Waals surface area contributed by atoms with Gasteiger partial charge in [-0.25, -0.2) is 0 Å². The summed E-state index contributed by atoms with van der Waals surface area (Å²) in [4.78, 5) is 0. The number of aliphatic hydroxyl groups excluding tert-OH is 1. The maximum Gasteiger partial charge on any atom is 0.0944 e. The zero-order valence-electron chi connectivity index (χ0n) is 7.20. The Morgan fingerprint density at radius 2 is 2.23 bits per heavy atom. The monoisotopic (exact) mass is 241 g/mol. The molecule has 0 bridgehead atoms. The first-order valence-corrected chi connectivity index (χ1v) is 5.20. The fourth-order valence-corrected chi connectivity index (χ4v) is 2.16. The van der Waals surface area contributed by atoms with Crippen molar-refractivity contribution in [3.63, 3.8) is 0 Å².